The SMILES string of the molecule is CCC1=C(C)C2=NC1=CC1=C(C)C3=C(O)CC(=C4NC(=CC5=NC(=C2)C(C(C)OCCOCCOCCOC)=C5C)[C@@H](C)[C@@H]4CCC(=O)OC)C3=N1. The summed E-state index contributed by atoms with van der Waals surface area (Å²) in [5, 5.41) is 15.1. The minimum atomic E-state index is -0.259. The number of carbonyl (C=O) groups excluding carboxylic acids is 1. The number of hydrogen-bond donors (Lipinski definition) is 2. The van der Waals surface area contributed by atoms with Crippen LogP contribution in [0.2, 0.25) is 0 Å². The molecule has 0 aromatic carbocycles. The van der Waals surface area contributed by atoms with Crippen molar-refractivity contribution in [3.8, 4) is 0 Å². The molecule has 2 N–H and O–H groups in total. The van der Waals surface area contributed by atoms with Gasteiger partial charge >= 0.3 is 5.97 Å². The van der Waals surface area contributed by atoms with E-state index < -0.39 is 0 Å². The average Bonchev–Trinajstić information content (AvgIpc) is 3.88. The number of hydrogen-bond acceptors (Lipinski definition) is 11. The Hall–Kier alpha value is -4.16. The summed E-state index contributed by atoms with van der Waals surface area (Å²) in [5.41, 5.74) is 14.0. The van der Waals surface area contributed by atoms with Crippen molar-refractivity contribution in [1.82, 2.24) is 5.32 Å². The quantitative estimate of drug-likeness (QED) is 0.142. The number of rotatable bonds is 15. The number of carbonyl (C=O) groups is 1. The number of aliphatic hydroxyl groups is 1. The first-order valence-electron chi connectivity index (χ1n) is 18.4. The van der Waals surface area contributed by atoms with Crippen molar-refractivity contribution in [1.29, 1.82) is 0 Å². The van der Waals surface area contributed by atoms with E-state index in [2.05, 4.69) is 52.1 Å². The average molecular weight is 713 g/mol. The summed E-state index contributed by atoms with van der Waals surface area (Å²) in [4.78, 5) is 27.9. The molecule has 1 fully saturated rings. The van der Waals surface area contributed by atoms with Crippen molar-refractivity contribution < 1.29 is 33.6 Å². The van der Waals surface area contributed by atoms with Gasteiger partial charge in [0.05, 0.1) is 87.1 Å². The van der Waals surface area contributed by atoms with Crippen LogP contribution in [0.4, 0.5) is 0 Å². The third-order valence-electron chi connectivity index (χ3n) is 10.8. The highest BCUT2D eigenvalue weighted by Gasteiger charge is 2.41. The van der Waals surface area contributed by atoms with Crippen molar-refractivity contribution in [2.45, 2.75) is 73.3 Å². The molecule has 0 saturated carbocycles. The summed E-state index contributed by atoms with van der Waals surface area (Å²) in [7, 11) is 3.07. The number of nitrogens with zero attached hydrogens (tertiary/aromatic N) is 3. The maximum absolute atomic E-state index is 12.4. The molecule has 1 unspecified atom stereocenters. The molecule has 278 valence electrons. The second kappa shape index (κ2) is 16.2. The van der Waals surface area contributed by atoms with Gasteiger partial charge in [0.1, 0.15) is 5.76 Å². The number of ether oxygens (including phenoxy) is 5. The number of fused-ring (bicyclic) bond motifs is 5. The summed E-state index contributed by atoms with van der Waals surface area (Å²) in [6.45, 7) is 15.6. The van der Waals surface area contributed by atoms with Crippen LogP contribution in [0.3, 0.4) is 0 Å². The molecule has 5 heterocycles. The van der Waals surface area contributed by atoms with Crippen LogP contribution in [0.25, 0.3) is 0 Å². The van der Waals surface area contributed by atoms with Gasteiger partial charge in [0.25, 0.3) is 0 Å². The van der Waals surface area contributed by atoms with Gasteiger partial charge in [-0.2, -0.15) is 0 Å². The molecular weight excluding hydrogens is 660 g/mol. The number of aliphatic imine (C=N–C) groups is 3. The van der Waals surface area contributed by atoms with Crippen molar-refractivity contribution in [2.24, 2.45) is 26.8 Å². The van der Waals surface area contributed by atoms with Gasteiger partial charge in [-0.05, 0) is 81.1 Å². The van der Waals surface area contributed by atoms with Gasteiger partial charge in [-0.1, -0.05) is 13.8 Å². The molecule has 6 aliphatic rings. The molecule has 1 aliphatic carbocycles. The number of nitrogens with one attached hydrogen (secondary N) is 1. The van der Waals surface area contributed by atoms with E-state index in [0.29, 0.717) is 58.2 Å². The second-order valence-electron chi connectivity index (χ2n) is 13.9. The molecule has 0 amide bonds. The van der Waals surface area contributed by atoms with Crippen LogP contribution in [0.15, 0.2) is 106 Å². The molecule has 0 spiro atoms. The van der Waals surface area contributed by atoms with Crippen LogP contribution >= 0.6 is 0 Å². The zero-order valence-electron chi connectivity index (χ0n) is 31.8. The standard InChI is InChI=1S/C41H52N4O7/c1-9-27-22(2)30-21-35-38(26(6)52-17-16-51-15-14-50-13-12-48-7)24(4)32(43-35)19-31-23(3)28(10-11-37(47)49-8)40(44-31)29-18-36(46)39-25(5)33(45-41(29)39)20-34(27)42-30/h19-21,23,26,28,44,46H,9-18H2,1-8H3/t23-,26?,28-/m0/s1. The van der Waals surface area contributed by atoms with E-state index in [0.717, 1.165) is 91.1 Å². The number of allylic oxidation sites excluding steroid dienone is 11. The Morgan fingerprint density at radius 1 is 0.923 bits per heavy atom. The van der Waals surface area contributed by atoms with Crippen LogP contribution in [-0.2, 0) is 28.5 Å². The van der Waals surface area contributed by atoms with E-state index in [1.165, 1.54) is 7.11 Å². The van der Waals surface area contributed by atoms with Gasteiger partial charge in [-0.15, -0.1) is 0 Å². The molecule has 11 nitrogen and oxygen atoms in total. The molecule has 3 atom stereocenters. The lowest BCUT2D eigenvalue weighted by molar-refractivity contribution is -0.140. The molecule has 6 rings (SSSR count). The van der Waals surface area contributed by atoms with E-state index in [1.54, 1.807) is 7.11 Å². The first-order valence-corrected chi connectivity index (χ1v) is 18.4. The Bertz CT molecular complexity index is 1860. The van der Waals surface area contributed by atoms with Crippen LogP contribution in [0.1, 0.15) is 67.2 Å². The number of esters is 1. The van der Waals surface area contributed by atoms with Crippen molar-refractivity contribution in [3.63, 3.8) is 0 Å². The molecule has 5 aliphatic heterocycles. The van der Waals surface area contributed by atoms with Gasteiger partial charge in [-0.25, -0.2) is 15.0 Å². The highest BCUT2D eigenvalue weighted by molar-refractivity contribution is 6.21. The largest absolute Gasteiger partial charge is 0.511 e. The Morgan fingerprint density at radius 3 is 2.33 bits per heavy atom. The zero-order chi connectivity index (χ0) is 37.1. The fraction of sp³-hybridized carbons (Fsp3) is 0.512. The highest BCUT2D eigenvalue weighted by atomic mass is 16.6. The topological polar surface area (TPSA) is 133 Å². The summed E-state index contributed by atoms with van der Waals surface area (Å²) in [5.74, 6) is 0.0991. The maximum Gasteiger partial charge on any atom is 0.305 e. The van der Waals surface area contributed by atoms with E-state index >= 15 is 0 Å². The lowest BCUT2D eigenvalue weighted by atomic mass is 9.86. The summed E-state index contributed by atoms with van der Waals surface area (Å²) in [6.07, 6.45) is 8.06. The van der Waals surface area contributed by atoms with Gasteiger partial charge in [-0.3, -0.25) is 4.79 Å². The molecule has 0 aromatic heterocycles. The van der Waals surface area contributed by atoms with Gasteiger partial charge < -0.3 is 34.1 Å². The van der Waals surface area contributed by atoms with E-state index in [4.69, 9.17) is 38.7 Å². The van der Waals surface area contributed by atoms with Gasteiger partial charge in [0.2, 0.25) is 0 Å². The lowest BCUT2D eigenvalue weighted by Crippen LogP contribution is -2.18. The van der Waals surface area contributed by atoms with Crippen molar-refractivity contribution in [2.75, 3.05) is 53.9 Å². The van der Waals surface area contributed by atoms with E-state index in [-0.39, 0.29) is 30.3 Å². The predicted molar refractivity (Wildman–Crippen MR) is 202 cm³/mol. The summed E-state index contributed by atoms with van der Waals surface area (Å²) in [6, 6.07) is 0. The molecule has 0 aromatic rings. The second-order valence-corrected chi connectivity index (χ2v) is 13.9. The van der Waals surface area contributed by atoms with Crippen LogP contribution in [0, 0.1) is 11.8 Å². The third kappa shape index (κ3) is 7.37. The Kier molecular flexibility index (Phi) is 11.7. The third-order valence-corrected chi connectivity index (χ3v) is 10.8. The predicted octanol–water partition coefficient (Wildman–Crippen LogP) is 6.70. The Labute approximate surface area is 307 Å². The van der Waals surface area contributed by atoms with E-state index in [9.17, 15) is 9.90 Å². The van der Waals surface area contributed by atoms with Crippen LogP contribution < -0.4 is 5.32 Å². The molecule has 0 radical (unpaired) electrons. The summed E-state index contributed by atoms with van der Waals surface area (Å²) >= 11 is 0. The van der Waals surface area contributed by atoms with Crippen molar-refractivity contribution in [3.05, 3.63) is 91.5 Å². The Balaban J connectivity index is 1.39. The molecule has 52 heavy (non-hydrogen) atoms. The monoisotopic (exact) mass is 712 g/mol. The Morgan fingerprint density at radius 2 is 1.62 bits per heavy atom. The highest BCUT2D eigenvalue weighted by Crippen LogP contribution is 2.46. The van der Waals surface area contributed by atoms with E-state index in [1.807, 2.05) is 13.0 Å². The lowest BCUT2D eigenvalue weighted by Gasteiger charge is -2.17. The van der Waals surface area contributed by atoms with Crippen LogP contribution in [-0.4, -0.2) is 88.2 Å². The number of methoxy groups -OCH3 is 2. The van der Waals surface area contributed by atoms with Crippen LogP contribution in [0.5, 0.6) is 0 Å². The molecule has 1 saturated heterocycles. The smallest absolute Gasteiger partial charge is 0.305 e. The first kappa shape index (κ1) is 37.6. The minimum absolute atomic E-state index is 0.0131. The van der Waals surface area contributed by atoms with Gasteiger partial charge in [0, 0.05) is 59.9 Å². The zero-order valence-corrected chi connectivity index (χ0v) is 31.8. The number of aliphatic hydroxyl groups excluding tert-OH is 1. The minimum Gasteiger partial charge on any atom is -0.511 e. The molecular formula is C41H52N4O7. The molecule has 11 heteroatoms. The summed E-state index contributed by atoms with van der Waals surface area (Å²) < 4.78 is 27.6. The fourth-order valence-corrected chi connectivity index (χ4v) is 7.84. The molecule has 8 bridgehead atoms. The fourth-order valence-electron chi connectivity index (χ4n) is 7.84. The first-order chi connectivity index (χ1) is 25.1. The van der Waals surface area contributed by atoms with Gasteiger partial charge in [0.15, 0.2) is 0 Å². The maximum atomic E-state index is 12.4. The normalized spacial score (nSPS) is 22.9. The van der Waals surface area contributed by atoms with Crippen molar-refractivity contribution >= 4 is 23.1 Å².